The van der Waals surface area contributed by atoms with Crippen LogP contribution in [0.15, 0.2) is 24.3 Å². The molecule has 1 aromatic carbocycles. The minimum Gasteiger partial charge on any atom is -0.383 e. The average molecular weight is 335 g/mol. The molecule has 0 aromatic heterocycles. The van der Waals surface area contributed by atoms with Gasteiger partial charge in [-0.2, -0.15) is 0 Å². The summed E-state index contributed by atoms with van der Waals surface area (Å²) in [6.45, 7) is 6.86. The molecule has 0 saturated carbocycles. The van der Waals surface area contributed by atoms with Gasteiger partial charge in [-0.05, 0) is 37.1 Å². The number of hydrogen-bond acceptors (Lipinski definition) is 4. The minimum atomic E-state index is -0.0933. The zero-order valence-electron chi connectivity index (χ0n) is 14.9. The summed E-state index contributed by atoms with van der Waals surface area (Å²) >= 11 is 0. The van der Waals surface area contributed by atoms with E-state index in [0.29, 0.717) is 18.7 Å². The average Bonchev–Trinajstić information content (AvgIpc) is 2.60. The van der Waals surface area contributed by atoms with E-state index < -0.39 is 0 Å². The number of benzene rings is 1. The molecule has 6 nitrogen and oxygen atoms in total. The molecule has 134 valence electrons. The van der Waals surface area contributed by atoms with Gasteiger partial charge >= 0.3 is 0 Å². The van der Waals surface area contributed by atoms with Gasteiger partial charge < -0.3 is 20.3 Å². The smallest absolute Gasteiger partial charge is 0.253 e. The molecule has 24 heavy (non-hydrogen) atoms. The van der Waals surface area contributed by atoms with E-state index in [1.807, 2.05) is 17.0 Å². The van der Waals surface area contributed by atoms with Crippen molar-refractivity contribution in [2.75, 3.05) is 45.2 Å². The minimum absolute atomic E-state index is 0.0579. The van der Waals surface area contributed by atoms with Crippen molar-refractivity contribution in [1.82, 2.24) is 10.2 Å². The van der Waals surface area contributed by atoms with Gasteiger partial charge in [0, 0.05) is 38.0 Å². The summed E-state index contributed by atoms with van der Waals surface area (Å²) in [5, 5.41) is 5.78. The first-order valence-electron chi connectivity index (χ1n) is 8.51. The predicted octanol–water partition coefficient (Wildman–Crippen LogP) is 2.12. The molecular formula is C18H29N3O3. The Kier molecular flexibility index (Phi) is 9.53. The van der Waals surface area contributed by atoms with E-state index in [-0.39, 0.29) is 18.4 Å². The molecule has 0 fully saturated rings. The molecule has 2 amide bonds. The predicted molar refractivity (Wildman–Crippen MR) is 96.3 cm³/mol. The lowest BCUT2D eigenvalue weighted by atomic mass is 10.1. The number of anilines is 1. The van der Waals surface area contributed by atoms with Crippen LogP contribution in [0, 0.1) is 0 Å². The summed E-state index contributed by atoms with van der Waals surface area (Å²) in [5.41, 5.74) is 1.48. The number of carbonyl (C=O) groups is 2. The van der Waals surface area contributed by atoms with E-state index in [2.05, 4.69) is 24.5 Å². The lowest BCUT2D eigenvalue weighted by Crippen LogP contribution is -2.32. The first kappa shape index (κ1) is 20.0. The van der Waals surface area contributed by atoms with Crippen molar-refractivity contribution in [2.45, 2.75) is 26.7 Å². The molecule has 0 bridgehead atoms. The molecule has 0 aliphatic rings. The summed E-state index contributed by atoms with van der Waals surface area (Å²) in [5.74, 6) is -0.0353. The van der Waals surface area contributed by atoms with E-state index in [4.69, 9.17) is 4.74 Å². The zero-order valence-corrected chi connectivity index (χ0v) is 14.9. The van der Waals surface area contributed by atoms with Crippen LogP contribution in [0.3, 0.4) is 0 Å². The van der Waals surface area contributed by atoms with Crippen LogP contribution in [0.1, 0.15) is 37.0 Å². The van der Waals surface area contributed by atoms with Crippen LogP contribution >= 0.6 is 0 Å². The maximum Gasteiger partial charge on any atom is 0.253 e. The molecule has 0 heterocycles. The second-order valence-corrected chi connectivity index (χ2v) is 5.57. The molecule has 1 rings (SSSR count). The van der Waals surface area contributed by atoms with Gasteiger partial charge in [0.1, 0.15) is 0 Å². The molecule has 0 aliphatic carbocycles. The Morgan fingerprint density at radius 3 is 2.25 bits per heavy atom. The molecule has 0 saturated heterocycles. The summed E-state index contributed by atoms with van der Waals surface area (Å²) in [6.07, 6.45) is 1.90. The van der Waals surface area contributed by atoms with Gasteiger partial charge in [-0.3, -0.25) is 9.59 Å². The molecule has 1 aromatic rings. The number of methoxy groups -OCH3 is 1. The van der Waals surface area contributed by atoms with Crippen LogP contribution < -0.4 is 10.6 Å². The monoisotopic (exact) mass is 335 g/mol. The van der Waals surface area contributed by atoms with Gasteiger partial charge in [0.25, 0.3) is 5.91 Å². The third kappa shape index (κ3) is 7.00. The number of nitrogens with zero attached hydrogens (tertiary/aromatic N) is 1. The first-order chi connectivity index (χ1) is 11.6. The summed E-state index contributed by atoms with van der Waals surface area (Å²) in [4.78, 5) is 26.0. The molecule has 6 heteroatoms. The van der Waals surface area contributed by atoms with Gasteiger partial charge in [-0.25, -0.2) is 0 Å². The molecule has 0 spiro atoms. The van der Waals surface area contributed by atoms with Crippen LogP contribution in [0.2, 0.25) is 0 Å². The Labute approximate surface area is 144 Å². The van der Waals surface area contributed by atoms with Crippen LogP contribution in [0.4, 0.5) is 5.69 Å². The lowest BCUT2D eigenvalue weighted by molar-refractivity contribution is -0.119. The van der Waals surface area contributed by atoms with Gasteiger partial charge in [0.15, 0.2) is 0 Å². The number of ether oxygens (including phenoxy) is 1. The fraction of sp³-hybridized carbons (Fsp3) is 0.556. The number of amides is 2. The van der Waals surface area contributed by atoms with Crippen molar-refractivity contribution in [3.05, 3.63) is 29.8 Å². The maximum atomic E-state index is 12.5. The summed E-state index contributed by atoms with van der Waals surface area (Å²) in [7, 11) is 1.59. The van der Waals surface area contributed by atoms with E-state index in [9.17, 15) is 9.59 Å². The molecule has 0 aliphatic heterocycles. The lowest BCUT2D eigenvalue weighted by Gasteiger charge is -2.21. The largest absolute Gasteiger partial charge is 0.383 e. The van der Waals surface area contributed by atoms with Crippen LogP contribution in [0.5, 0.6) is 0 Å². The fourth-order valence-electron chi connectivity index (χ4n) is 2.31. The second-order valence-electron chi connectivity index (χ2n) is 5.57. The number of carbonyl (C=O) groups excluding carboxylic acids is 2. The SMILES string of the molecule is CCCN(CCC)C(=O)c1ccc(NCC(=O)NCCOC)cc1. The Bertz CT molecular complexity index is 497. The molecule has 0 unspecified atom stereocenters. The standard InChI is InChI=1S/C18H29N3O3/c1-4-11-21(12-5-2)18(23)15-6-8-16(9-7-15)20-14-17(22)19-10-13-24-3/h6-9,20H,4-5,10-14H2,1-3H3,(H,19,22). The summed E-state index contributed by atoms with van der Waals surface area (Å²) < 4.78 is 4.87. The second kappa shape index (κ2) is 11.5. The highest BCUT2D eigenvalue weighted by atomic mass is 16.5. The highest BCUT2D eigenvalue weighted by Crippen LogP contribution is 2.12. The van der Waals surface area contributed by atoms with E-state index in [0.717, 1.165) is 31.6 Å². The van der Waals surface area contributed by atoms with Gasteiger partial charge in [0.05, 0.1) is 13.2 Å². The molecular weight excluding hydrogens is 306 g/mol. The van der Waals surface area contributed by atoms with Crippen LogP contribution in [-0.4, -0.2) is 56.6 Å². The Balaban J connectivity index is 2.52. The van der Waals surface area contributed by atoms with Gasteiger partial charge in [-0.15, -0.1) is 0 Å². The molecule has 2 N–H and O–H groups in total. The molecule has 0 radical (unpaired) electrons. The van der Waals surface area contributed by atoms with Crippen molar-refractivity contribution in [2.24, 2.45) is 0 Å². The third-order valence-corrected chi connectivity index (χ3v) is 3.49. The topological polar surface area (TPSA) is 70.7 Å². The summed E-state index contributed by atoms with van der Waals surface area (Å²) in [6, 6.07) is 7.25. The Hall–Kier alpha value is -2.08. The van der Waals surface area contributed by atoms with Gasteiger partial charge in [-0.1, -0.05) is 13.8 Å². The van der Waals surface area contributed by atoms with Crippen molar-refractivity contribution >= 4 is 17.5 Å². The number of hydrogen-bond donors (Lipinski definition) is 2. The fourth-order valence-corrected chi connectivity index (χ4v) is 2.31. The third-order valence-electron chi connectivity index (χ3n) is 3.49. The van der Waals surface area contributed by atoms with E-state index >= 15 is 0 Å². The zero-order chi connectivity index (χ0) is 17.8. The van der Waals surface area contributed by atoms with E-state index in [1.54, 1.807) is 19.2 Å². The van der Waals surface area contributed by atoms with Crippen molar-refractivity contribution in [3.8, 4) is 0 Å². The molecule has 0 atom stereocenters. The van der Waals surface area contributed by atoms with Crippen molar-refractivity contribution in [1.29, 1.82) is 0 Å². The highest BCUT2D eigenvalue weighted by molar-refractivity contribution is 5.94. The maximum absolute atomic E-state index is 12.5. The van der Waals surface area contributed by atoms with Crippen molar-refractivity contribution in [3.63, 3.8) is 0 Å². The highest BCUT2D eigenvalue weighted by Gasteiger charge is 2.13. The van der Waals surface area contributed by atoms with Gasteiger partial charge in [0.2, 0.25) is 5.91 Å². The van der Waals surface area contributed by atoms with Crippen LogP contribution in [0.25, 0.3) is 0 Å². The number of rotatable bonds is 11. The van der Waals surface area contributed by atoms with Crippen molar-refractivity contribution < 1.29 is 14.3 Å². The Morgan fingerprint density at radius 2 is 1.71 bits per heavy atom. The normalized spacial score (nSPS) is 10.3. The Morgan fingerprint density at radius 1 is 1.08 bits per heavy atom. The quantitative estimate of drug-likeness (QED) is 0.608. The van der Waals surface area contributed by atoms with E-state index in [1.165, 1.54) is 0 Å². The number of nitrogens with one attached hydrogen (secondary N) is 2. The first-order valence-corrected chi connectivity index (χ1v) is 8.51. The van der Waals surface area contributed by atoms with Crippen LogP contribution in [-0.2, 0) is 9.53 Å².